The van der Waals surface area contributed by atoms with Crippen LogP contribution in [0.1, 0.15) is 0 Å². The Morgan fingerprint density at radius 2 is 0.692 bits per heavy atom. The SMILES string of the molecule is CSc1ccc2cc3cc4cc5cc(SC)ccc5cc4cc3cc2c1. The van der Waals surface area contributed by atoms with Crippen LogP contribution in [0, 0.1) is 0 Å². The molecule has 0 atom stereocenters. The lowest BCUT2D eigenvalue weighted by Crippen LogP contribution is -1.81. The summed E-state index contributed by atoms with van der Waals surface area (Å²) in [5, 5.41) is 10.5. The standard InChI is InChI=1S/C24H18S2/c1-25-23-5-3-15-7-17-10-20-12-22-14-24(26-2)6-4-16(22)8-18(20)9-19(17)11-21(15)13-23/h3-14H,1-2H3. The van der Waals surface area contributed by atoms with Crippen LogP contribution < -0.4 is 0 Å². The highest BCUT2D eigenvalue weighted by Crippen LogP contribution is 2.32. The Morgan fingerprint density at radius 3 is 1.04 bits per heavy atom. The first-order valence-electron chi connectivity index (χ1n) is 8.66. The van der Waals surface area contributed by atoms with Gasteiger partial charge in [-0.1, -0.05) is 12.1 Å². The van der Waals surface area contributed by atoms with Crippen LogP contribution in [0.4, 0.5) is 0 Å². The van der Waals surface area contributed by atoms with Crippen molar-refractivity contribution in [1.29, 1.82) is 0 Å². The zero-order chi connectivity index (χ0) is 17.7. The lowest BCUT2D eigenvalue weighted by Gasteiger charge is -2.08. The highest BCUT2D eigenvalue weighted by molar-refractivity contribution is 7.98. The molecule has 0 fully saturated rings. The summed E-state index contributed by atoms with van der Waals surface area (Å²) in [5.41, 5.74) is 0. The molecule has 0 N–H and O–H groups in total. The highest BCUT2D eigenvalue weighted by atomic mass is 32.2. The van der Waals surface area contributed by atoms with Crippen molar-refractivity contribution in [2.24, 2.45) is 0 Å². The molecule has 0 amide bonds. The molecule has 26 heavy (non-hydrogen) atoms. The molecule has 0 unspecified atom stereocenters. The molecule has 0 aliphatic rings. The first-order chi connectivity index (χ1) is 12.7. The van der Waals surface area contributed by atoms with E-state index in [9.17, 15) is 0 Å². The third-order valence-electron chi connectivity index (χ3n) is 5.12. The molecule has 0 spiro atoms. The van der Waals surface area contributed by atoms with Gasteiger partial charge < -0.3 is 0 Å². The van der Waals surface area contributed by atoms with Crippen molar-refractivity contribution in [2.75, 3.05) is 12.5 Å². The predicted octanol–water partition coefficient (Wildman–Crippen LogP) is 7.74. The van der Waals surface area contributed by atoms with Crippen LogP contribution in [0.3, 0.4) is 0 Å². The average molecular weight is 371 g/mol. The minimum absolute atomic E-state index is 1.31. The number of hydrogen-bond acceptors (Lipinski definition) is 2. The molecule has 126 valence electrons. The fraction of sp³-hybridized carbons (Fsp3) is 0.0833. The van der Waals surface area contributed by atoms with E-state index in [2.05, 4.69) is 85.3 Å². The zero-order valence-electron chi connectivity index (χ0n) is 14.7. The Balaban J connectivity index is 1.80. The van der Waals surface area contributed by atoms with Crippen LogP contribution in [0.5, 0.6) is 0 Å². The van der Waals surface area contributed by atoms with E-state index in [4.69, 9.17) is 0 Å². The minimum Gasteiger partial charge on any atom is -0.130 e. The molecule has 0 bridgehead atoms. The Hall–Kier alpha value is -2.16. The van der Waals surface area contributed by atoms with Gasteiger partial charge in [-0.15, -0.1) is 23.5 Å². The maximum absolute atomic E-state index is 2.33. The smallest absolute Gasteiger partial charge is 0.00755 e. The lowest BCUT2D eigenvalue weighted by atomic mass is 9.97. The van der Waals surface area contributed by atoms with Gasteiger partial charge in [-0.05, 0) is 116 Å². The van der Waals surface area contributed by atoms with Gasteiger partial charge in [0, 0.05) is 9.79 Å². The van der Waals surface area contributed by atoms with E-state index in [-0.39, 0.29) is 0 Å². The molecule has 0 aliphatic carbocycles. The number of fused-ring (bicyclic) bond motifs is 4. The second-order valence-corrected chi connectivity index (χ2v) is 8.44. The third kappa shape index (κ3) is 2.65. The van der Waals surface area contributed by atoms with Gasteiger partial charge in [0.05, 0.1) is 0 Å². The third-order valence-corrected chi connectivity index (χ3v) is 6.57. The van der Waals surface area contributed by atoms with E-state index < -0.39 is 0 Å². The summed E-state index contributed by atoms with van der Waals surface area (Å²) in [5.74, 6) is 0. The second-order valence-electron chi connectivity index (χ2n) is 6.68. The van der Waals surface area contributed by atoms with Gasteiger partial charge in [0.25, 0.3) is 0 Å². The van der Waals surface area contributed by atoms with Gasteiger partial charge in [0.1, 0.15) is 0 Å². The van der Waals surface area contributed by atoms with E-state index in [1.807, 2.05) is 0 Å². The predicted molar refractivity (Wildman–Crippen MR) is 120 cm³/mol. The van der Waals surface area contributed by atoms with Gasteiger partial charge in [0.2, 0.25) is 0 Å². The highest BCUT2D eigenvalue weighted by Gasteiger charge is 2.04. The molecule has 0 saturated heterocycles. The molecular weight excluding hydrogens is 352 g/mol. The van der Waals surface area contributed by atoms with E-state index in [1.165, 1.54) is 52.9 Å². The van der Waals surface area contributed by atoms with E-state index in [0.717, 1.165) is 0 Å². The van der Waals surface area contributed by atoms with Crippen molar-refractivity contribution in [3.05, 3.63) is 72.8 Å². The fourth-order valence-corrected chi connectivity index (χ4v) is 4.61. The van der Waals surface area contributed by atoms with Crippen molar-refractivity contribution in [1.82, 2.24) is 0 Å². The first kappa shape index (κ1) is 16.0. The largest absolute Gasteiger partial charge is 0.130 e. The van der Waals surface area contributed by atoms with E-state index in [0.29, 0.717) is 0 Å². The van der Waals surface area contributed by atoms with Gasteiger partial charge in [-0.3, -0.25) is 0 Å². The van der Waals surface area contributed by atoms with Crippen LogP contribution in [-0.2, 0) is 0 Å². The summed E-state index contributed by atoms with van der Waals surface area (Å²) >= 11 is 3.59. The van der Waals surface area contributed by atoms with Crippen LogP contribution in [0.15, 0.2) is 82.6 Å². The molecule has 5 aromatic rings. The number of hydrogen-bond donors (Lipinski definition) is 0. The van der Waals surface area contributed by atoms with Crippen LogP contribution in [-0.4, -0.2) is 12.5 Å². The molecule has 0 heterocycles. The van der Waals surface area contributed by atoms with Crippen LogP contribution in [0.25, 0.3) is 43.1 Å². The molecular formula is C24H18S2. The normalized spacial score (nSPS) is 11.8. The minimum atomic E-state index is 1.31. The molecule has 5 rings (SSSR count). The fourth-order valence-electron chi connectivity index (χ4n) is 3.71. The van der Waals surface area contributed by atoms with Crippen molar-refractivity contribution in [2.45, 2.75) is 9.79 Å². The summed E-state index contributed by atoms with van der Waals surface area (Å²) in [7, 11) is 0. The molecule has 2 heteroatoms. The molecule has 0 saturated carbocycles. The number of thioether (sulfide) groups is 2. The van der Waals surface area contributed by atoms with Gasteiger partial charge in [0.15, 0.2) is 0 Å². The molecule has 0 aromatic heterocycles. The quantitative estimate of drug-likeness (QED) is 0.230. The van der Waals surface area contributed by atoms with Crippen molar-refractivity contribution in [3.8, 4) is 0 Å². The Kier molecular flexibility index (Phi) is 3.84. The summed E-state index contributed by atoms with van der Waals surface area (Å²) in [6.45, 7) is 0. The average Bonchev–Trinajstić information content (AvgIpc) is 2.68. The molecule has 5 aromatic carbocycles. The second kappa shape index (κ2) is 6.22. The van der Waals surface area contributed by atoms with Crippen LogP contribution >= 0.6 is 23.5 Å². The Labute approximate surface area is 161 Å². The Morgan fingerprint density at radius 1 is 0.385 bits per heavy atom. The number of benzene rings is 5. The Bertz CT molecular complexity index is 1200. The van der Waals surface area contributed by atoms with Gasteiger partial charge >= 0.3 is 0 Å². The lowest BCUT2D eigenvalue weighted by molar-refractivity contribution is 1.52. The van der Waals surface area contributed by atoms with E-state index >= 15 is 0 Å². The van der Waals surface area contributed by atoms with Crippen molar-refractivity contribution in [3.63, 3.8) is 0 Å². The van der Waals surface area contributed by atoms with Crippen molar-refractivity contribution < 1.29 is 0 Å². The zero-order valence-corrected chi connectivity index (χ0v) is 16.4. The number of rotatable bonds is 2. The first-order valence-corrected chi connectivity index (χ1v) is 11.1. The maximum Gasteiger partial charge on any atom is 0.00755 e. The summed E-state index contributed by atoms with van der Waals surface area (Å²) < 4.78 is 0. The molecule has 0 radical (unpaired) electrons. The molecule has 0 nitrogen and oxygen atoms in total. The van der Waals surface area contributed by atoms with Gasteiger partial charge in [-0.2, -0.15) is 0 Å². The van der Waals surface area contributed by atoms with Crippen molar-refractivity contribution >= 4 is 66.6 Å². The van der Waals surface area contributed by atoms with Crippen LogP contribution in [0.2, 0.25) is 0 Å². The molecule has 0 aliphatic heterocycles. The maximum atomic E-state index is 2.33. The summed E-state index contributed by atoms with van der Waals surface area (Å²) in [6, 6.07) is 27.4. The van der Waals surface area contributed by atoms with E-state index in [1.54, 1.807) is 23.5 Å². The summed E-state index contributed by atoms with van der Waals surface area (Å²) in [4.78, 5) is 2.63. The topological polar surface area (TPSA) is 0 Å². The monoisotopic (exact) mass is 370 g/mol. The van der Waals surface area contributed by atoms with Gasteiger partial charge in [-0.25, -0.2) is 0 Å². The summed E-state index contributed by atoms with van der Waals surface area (Å²) in [6.07, 6.45) is 4.26.